The van der Waals surface area contributed by atoms with E-state index in [0.717, 1.165) is 6.42 Å². The van der Waals surface area contributed by atoms with Gasteiger partial charge < -0.3 is 19.8 Å². The minimum atomic E-state index is -0.895. The molecule has 0 bridgehead atoms. The highest BCUT2D eigenvalue weighted by Crippen LogP contribution is 2.34. The van der Waals surface area contributed by atoms with Gasteiger partial charge >= 0.3 is 5.97 Å². The number of likely N-dealkylation sites (N-methyl/N-ethyl adjacent to an activating group) is 1. The maximum Gasteiger partial charge on any atom is 0.312 e. The number of carboxylic acid groups (broad SMARTS) is 1. The molecule has 0 spiro atoms. The molecule has 1 aliphatic rings. The van der Waals surface area contributed by atoms with E-state index in [4.69, 9.17) is 4.74 Å². The van der Waals surface area contributed by atoms with E-state index < -0.39 is 17.5 Å². The van der Waals surface area contributed by atoms with Gasteiger partial charge in [0.1, 0.15) is 0 Å². The van der Waals surface area contributed by atoms with Crippen molar-refractivity contribution in [3.63, 3.8) is 0 Å². The fraction of sp³-hybridized carbons (Fsp3) is 0.909. The Balaban J connectivity index is 2.60. The fourth-order valence-corrected chi connectivity index (χ4v) is 2.21. The number of aliphatic carboxylic acids is 1. The van der Waals surface area contributed by atoms with Crippen molar-refractivity contribution in [3.8, 4) is 0 Å². The smallest absolute Gasteiger partial charge is 0.312 e. The number of ether oxygens (including phenoxy) is 1. The highest BCUT2D eigenvalue weighted by molar-refractivity contribution is 5.75. The quantitative estimate of drug-likeness (QED) is 0.706. The van der Waals surface area contributed by atoms with E-state index in [9.17, 15) is 15.0 Å². The van der Waals surface area contributed by atoms with Gasteiger partial charge in [-0.3, -0.25) is 4.79 Å². The molecule has 5 heteroatoms. The summed E-state index contributed by atoms with van der Waals surface area (Å²) >= 11 is 0. The maximum absolute atomic E-state index is 11.3. The molecule has 1 rings (SSSR count). The Bertz CT molecular complexity index is 236. The van der Waals surface area contributed by atoms with Gasteiger partial charge in [-0.15, -0.1) is 0 Å². The van der Waals surface area contributed by atoms with Crippen LogP contribution in [0.25, 0.3) is 0 Å². The van der Waals surface area contributed by atoms with E-state index in [1.54, 1.807) is 0 Å². The van der Waals surface area contributed by atoms with E-state index in [1.807, 2.05) is 19.0 Å². The van der Waals surface area contributed by atoms with Crippen molar-refractivity contribution < 1.29 is 19.7 Å². The summed E-state index contributed by atoms with van der Waals surface area (Å²) in [4.78, 5) is 13.1. The van der Waals surface area contributed by atoms with Crippen LogP contribution in [0.2, 0.25) is 0 Å². The Labute approximate surface area is 96.0 Å². The molecule has 2 N–H and O–H groups in total. The molecule has 0 saturated carbocycles. The zero-order valence-electron chi connectivity index (χ0n) is 9.98. The van der Waals surface area contributed by atoms with E-state index >= 15 is 0 Å². The molecule has 5 nitrogen and oxygen atoms in total. The van der Waals surface area contributed by atoms with Crippen molar-refractivity contribution in [2.24, 2.45) is 5.41 Å². The Morgan fingerprint density at radius 2 is 2.25 bits per heavy atom. The van der Waals surface area contributed by atoms with E-state index in [2.05, 4.69) is 0 Å². The average Bonchev–Trinajstić information content (AvgIpc) is 2.17. The standard InChI is InChI=1S/C11H21NO4/c1-12(2)7-9(13)6-11(10(14)15)4-3-5-16-8-11/h9,13H,3-8H2,1-2H3,(H,14,15)/t9-,11+/m0/s1. The lowest BCUT2D eigenvalue weighted by Gasteiger charge is -2.35. The lowest BCUT2D eigenvalue weighted by Crippen LogP contribution is -2.43. The molecule has 1 fully saturated rings. The van der Waals surface area contributed by atoms with Crippen LogP contribution in [0.15, 0.2) is 0 Å². The second-order valence-corrected chi connectivity index (χ2v) is 4.86. The SMILES string of the molecule is CN(C)C[C@@H](O)C[C@]1(C(=O)O)CCCOC1. The first-order valence-electron chi connectivity index (χ1n) is 5.60. The van der Waals surface area contributed by atoms with Crippen molar-refractivity contribution >= 4 is 5.97 Å². The van der Waals surface area contributed by atoms with Gasteiger partial charge in [0.25, 0.3) is 0 Å². The minimum absolute atomic E-state index is 0.215. The normalized spacial score (nSPS) is 28.0. The lowest BCUT2D eigenvalue weighted by molar-refractivity contribution is -0.160. The second kappa shape index (κ2) is 5.61. The molecule has 1 saturated heterocycles. The van der Waals surface area contributed by atoms with Crippen LogP contribution in [0.4, 0.5) is 0 Å². The second-order valence-electron chi connectivity index (χ2n) is 4.86. The average molecular weight is 231 g/mol. The largest absolute Gasteiger partial charge is 0.481 e. The number of rotatable bonds is 5. The van der Waals surface area contributed by atoms with E-state index in [0.29, 0.717) is 19.6 Å². The zero-order chi connectivity index (χ0) is 12.2. The summed E-state index contributed by atoms with van der Waals surface area (Å²) in [7, 11) is 3.71. The van der Waals surface area contributed by atoms with Gasteiger partial charge in [0.05, 0.1) is 18.1 Å². The van der Waals surface area contributed by atoms with Gasteiger partial charge in [-0.25, -0.2) is 0 Å². The van der Waals surface area contributed by atoms with Crippen LogP contribution < -0.4 is 0 Å². The third-order valence-electron chi connectivity index (χ3n) is 2.98. The van der Waals surface area contributed by atoms with Crippen LogP contribution in [0.5, 0.6) is 0 Å². The van der Waals surface area contributed by atoms with Gasteiger partial charge in [-0.1, -0.05) is 0 Å². The first-order valence-corrected chi connectivity index (χ1v) is 5.60. The van der Waals surface area contributed by atoms with Crippen LogP contribution in [0.3, 0.4) is 0 Å². The van der Waals surface area contributed by atoms with Gasteiger partial charge in [-0.2, -0.15) is 0 Å². The predicted octanol–water partition coefficient (Wildman–Crippen LogP) is 0.180. The van der Waals surface area contributed by atoms with Crippen molar-refractivity contribution in [3.05, 3.63) is 0 Å². The molecular formula is C11H21NO4. The minimum Gasteiger partial charge on any atom is -0.481 e. The number of hydrogen-bond acceptors (Lipinski definition) is 4. The maximum atomic E-state index is 11.3. The van der Waals surface area contributed by atoms with Crippen molar-refractivity contribution in [1.29, 1.82) is 0 Å². The molecule has 0 radical (unpaired) electrons. The van der Waals surface area contributed by atoms with E-state index in [-0.39, 0.29) is 13.0 Å². The van der Waals surface area contributed by atoms with Gasteiger partial charge in [0.2, 0.25) is 0 Å². The molecule has 16 heavy (non-hydrogen) atoms. The molecule has 0 aliphatic carbocycles. The third kappa shape index (κ3) is 3.43. The van der Waals surface area contributed by atoms with Crippen LogP contribution in [-0.2, 0) is 9.53 Å². The molecular weight excluding hydrogens is 210 g/mol. The Kier molecular flexibility index (Phi) is 4.70. The predicted molar refractivity (Wildman–Crippen MR) is 59.3 cm³/mol. The summed E-state index contributed by atoms with van der Waals surface area (Å²) in [6.45, 7) is 1.32. The summed E-state index contributed by atoms with van der Waals surface area (Å²) in [5, 5.41) is 19.1. The van der Waals surface area contributed by atoms with Crippen molar-refractivity contribution in [2.45, 2.75) is 25.4 Å². The Morgan fingerprint density at radius 1 is 1.56 bits per heavy atom. The number of nitrogens with zero attached hydrogens (tertiary/aromatic N) is 1. The summed E-state index contributed by atoms with van der Waals surface area (Å²) in [6, 6.07) is 0. The summed E-state index contributed by atoms with van der Waals surface area (Å²) < 4.78 is 5.25. The molecule has 0 aromatic carbocycles. The van der Waals surface area contributed by atoms with Gasteiger partial charge in [0, 0.05) is 13.2 Å². The number of carbonyl (C=O) groups is 1. The molecule has 0 amide bonds. The molecule has 1 heterocycles. The molecule has 0 unspecified atom stereocenters. The first kappa shape index (κ1) is 13.4. The third-order valence-corrected chi connectivity index (χ3v) is 2.98. The lowest BCUT2D eigenvalue weighted by atomic mass is 9.77. The summed E-state index contributed by atoms with van der Waals surface area (Å²) in [6.07, 6.45) is 0.988. The molecule has 0 aromatic rings. The number of carboxylic acids is 1. The summed E-state index contributed by atoms with van der Waals surface area (Å²) in [5.41, 5.74) is -0.895. The van der Waals surface area contributed by atoms with Crippen molar-refractivity contribution in [1.82, 2.24) is 4.90 Å². The highest BCUT2D eigenvalue weighted by Gasteiger charge is 2.42. The number of aliphatic hydroxyl groups excluding tert-OH is 1. The van der Waals surface area contributed by atoms with Gasteiger partial charge in [-0.05, 0) is 33.4 Å². The summed E-state index contributed by atoms with van der Waals surface area (Å²) in [5.74, 6) is -0.856. The zero-order valence-corrected chi connectivity index (χ0v) is 9.98. The monoisotopic (exact) mass is 231 g/mol. The van der Waals surface area contributed by atoms with Crippen molar-refractivity contribution in [2.75, 3.05) is 33.9 Å². The van der Waals surface area contributed by atoms with Crippen LogP contribution in [0, 0.1) is 5.41 Å². The van der Waals surface area contributed by atoms with Crippen LogP contribution in [-0.4, -0.2) is 61.0 Å². The molecule has 0 aromatic heterocycles. The molecule has 94 valence electrons. The Morgan fingerprint density at radius 3 is 2.69 bits per heavy atom. The number of hydrogen-bond donors (Lipinski definition) is 2. The van der Waals surface area contributed by atoms with Crippen LogP contribution in [0.1, 0.15) is 19.3 Å². The molecule has 1 aliphatic heterocycles. The molecule has 2 atom stereocenters. The topological polar surface area (TPSA) is 70.0 Å². The first-order chi connectivity index (χ1) is 7.46. The van der Waals surface area contributed by atoms with Gasteiger partial charge in [0.15, 0.2) is 0 Å². The number of aliphatic hydroxyl groups is 1. The van der Waals surface area contributed by atoms with E-state index in [1.165, 1.54) is 0 Å². The Hall–Kier alpha value is -0.650. The fourth-order valence-electron chi connectivity index (χ4n) is 2.21. The van der Waals surface area contributed by atoms with Crippen LogP contribution >= 0.6 is 0 Å². The highest BCUT2D eigenvalue weighted by atomic mass is 16.5.